The Balaban J connectivity index is 1.99. The summed E-state index contributed by atoms with van der Waals surface area (Å²) in [7, 11) is 3.60. The number of carbonyl (C=O) groups excluding carboxylic acids is 1. The Hall–Kier alpha value is -2.33. The van der Waals surface area contributed by atoms with E-state index in [2.05, 4.69) is 5.32 Å². The molecule has 0 fully saturated rings. The van der Waals surface area contributed by atoms with Crippen LogP contribution in [0.1, 0.15) is 18.1 Å². The molecule has 0 saturated carbocycles. The summed E-state index contributed by atoms with van der Waals surface area (Å²) in [6.07, 6.45) is 0. The van der Waals surface area contributed by atoms with Gasteiger partial charge in [-0.3, -0.25) is 9.69 Å². The average molecular weight is 312 g/mol. The molecule has 0 heterocycles. The average Bonchev–Trinajstić information content (AvgIpc) is 2.56. The van der Waals surface area contributed by atoms with Crippen LogP contribution in [-0.2, 0) is 11.3 Å². The minimum Gasteiger partial charge on any atom is -0.497 e. The number of aryl methyl sites for hydroxylation is 1. The molecular formula is C19H24N2O2. The van der Waals surface area contributed by atoms with E-state index in [1.54, 1.807) is 7.11 Å². The van der Waals surface area contributed by atoms with Gasteiger partial charge in [0, 0.05) is 12.2 Å². The quantitative estimate of drug-likeness (QED) is 0.888. The van der Waals surface area contributed by atoms with Crippen LogP contribution in [0.5, 0.6) is 5.75 Å². The number of ether oxygens (including phenoxy) is 1. The van der Waals surface area contributed by atoms with Crippen molar-refractivity contribution < 1.29 is 9.53 Å². The molecule has 0 bridgehead atoms. The Morgan fingerprint density at radius 2 is 1.96 bits per heavy atom. The standard InChI is InChI=1S/C19H24N2O2/c1-14-8-5-6-11-18(14)20-19(22)15(2)21(3)13-16-9-7-10-17(12-16)23-4/h5-12,15H,13H2,1-4H3,(H,20,22). The molecule has 0 aliphatic rings. The summed E-state index contributed by atoms with van der Waals surface area (Å²) in [5.74, 6) is 0.817. The topological polar surface area (TPSA) is 41.6 Å². The molecule has 0 aliphatic carbocycles. The van der Waals surface area contributed by atoms with E-state index in [1.165, 1.54) is 0 Å². The van der Waals surface area contributed by atoms with E-state index in [9.17, 15) is 4.79 Å². The van der Waals surface area contributed by atoms with E-state index in [0.29, 0.717) is 6.54 Å². The normalized spacial score (nSPS) is 12.0. The first kappa shape index (κ1) is 17.0. The number of carbonyl (C=O) groups is 1. The fourth-order valence-corrected chi connectivity index (χ4v) is 2.35. The highest BCUT2D eigenvalue weighted by molar-refractivity contribution is 5.95. The molecule has 1 atom stereocenters. The number of para-hydroxylation sites is 1. The molecule has 0 spiro atoms. The van der Waals surface area contributed by atoms with Gasteiger partial charge in [-0.25, -0.2) is 0 Å². The molecule has 4 heteroatoms. The van der Waals surface area contributed by atoms with Crippen molar-refractivity contribution in [3.05, 3.63) is 59.7 Å². The Labute approximate surface area is 138 Å². The maximum absolute atomic E-state index is 12.4. The van der Waals surface area contributed by atoms with Crippen LogP contribution in [0.2, 0.25) is 0 Å². The Kier molecular flexibility index (Phi) is 5.77. The number of anilines is 1. The van der Waals surface area contributed by atoms with Crippen LogP contribution in [0.15, 0.2) is 48.5 Å². The highest BCUT2D eigenvalue weighted by atomic mass is 16.5. The summed E-state index contributed by atoms with van der Waals surface area (Å²) in [4.78, 5) is 14.5. The zero-order valence-electron chi connectivity index (χ0n) is 14.2. The van der Waals surface area contributed by atoms with E-state index in [1.807, 2.05) is 74.3 Å². The summed E-state index contributed by atoms with van der Waals surface area (Å²) in [6.45, 7) is 4.58. The molecule has 2 aromatic carbocycles. The van der Waals surface area contributed by atoms with E-state index in [4.69, 9.17) is 4.74 Å². The van der Waals surface area contributed by atoms with Crippen molar-refractivity contribution in [2.75, 3.05) is 19.5 Å². The molecule has 1 N–H and O–H groups in total. The Morgan fingerprint density at radius 3 is 2.65 bits per heavy atom. The van der Waals surface area contributed by atoms with Crippen LogP contribution in [-0.4, -0.2) is 31.0 Å². The number of likely N-dealkylation sites (N-methyl/N-ethyl adjacent to an activating group) is 1. The number of amides is 1. The first-order chi connectivity index (χ1) is 11.0. The van der Waals surface area contributed by atoms with E-state index in [0.717, 1.165) is 22.6 Å². The van der Waals surface area contributed by atoms with Crippen molar-refractivity contribution in [2.24, 2.45) is 0 Å². The van der Waals surface area contributed by atoms with Crippen molar-refractivity contribution >= 4 is 11.6 Å². The van der Waals surface area contributed by atoms with Crippen LogP contribution in [0.25, 0.3) is 0 Å². The van der Waals surface area contributed by atoms with Gasteiger partial charge in [0.2, 0.25) is 5.91 Å². The second-order valence-corrected chi connectivity index (χ2v) is 5.75. The van der Waals surface area contributed by atoms with Gasteiger partial charge in [0.25, 0.3) is 0 Å². The van der Waals surface area contributed by atoms with Crippen molar-refractivity contribution in [2.45, 2.75) is 26.4 Å². The van der Waals surface area contributed by atoms with Gasteiger partial charge in [0.15, 0.2) is 0 Å². The van der Waals surface area contributed by atoms with E-state index in [-0.39, 0.29) is 11.9 Å². The first-order valence-corrected chi connectivity index (χ1v) is 7.71. The predicted octanol–water partition coefficient (Wildman–Crippen LogP) is 3.46. The summed E-state index contributed by atoms with van der Waals surface area (Å²) in [5.41, 5.74) is 3.03. The van der Waals surface area contributed by atoms with E-state index >= 15 is 0 Å². The summed E-state index contributed by atoms with van der Waals surface area (Å²) >= 11 is 0. The van der Waals surface area contributed by atoms with Gasteiger partial charge in [0.05, 0.1) is 13.2 Å². The third kappa shape index (κ3) is 4.57. The molecule has 4 nitrogen and oxygen atoms in total. The lowest BCUT2D eigenvalue weighted by atomic mass is 10.1. The lowest BCUT2D eigenvalue weighted by Gasteiger charge is -2.24. The fraction of sp³-hybridized carbons (Fsp3) is 0.316. The smallest absolute Gasteiger partial charge is 0.241 e. The molecule has 0 saturated heterocycles. The van der Waals surface area contributed by atoms with Crippen molar-refractivity contribution in [1.29, 1.82) is 0 Å². The van der Waals surface area contributed by atoms with Crippen LogP contribution < -0.4 is 10.1 Å². The molecule has 23 heavy (non-hydrogen) atoms. The molecule has 1 amide bonds. The molecule has 1 unspecified atom stereocenters. The fourth-order valence-electron chi connectivity index (χ4n) is 2.35. The number of benzene rings is 2. The highest BCUT2D eigenvalue weighted by Crippen LogP contribution is 2.17. The molecule has 2 rings (SSSR count). The maximum Gasteiger partial charge on any atom is 0.241 e. The monoisotopic (exact) mass is 312 g/mol. The second kappa shape index (κ2) is 7.79. The van der Waals surface area contributed by atoms with Gasteiger partial charge < -0.3 is 10.1 Å². The molecular weight excluding hydrogens is 288 g/mol. The second-order valence-electron chi connectivity index (χ2n) is 5.75. The predicted molar refractivity (Wildman–Crippen MR) is 93.7 cm³/mol. The zero-order chi connectivity index (χ0) is 16.8. The Bertz CT molecular complexity index is 670. The third-order valence-electron chi connectivity index (χ3n) is 4.01. The van der Waals surface area contributed by atoms with Gasteiger partial charge >= 0.3 is 0 Å². The first-order valence-electron chi connectivity index (χ1n) is 7.71. The number of methoxy groups -OCH3 is 1. The minimum absolute atomic E-state index is 0.00954. The number of rotatable bonds is 6. The summed E-state index contributed by atoms with van der Waals surface area (Å²) in [5, 5.41) is 2.99. The van der Waals surface area contributed by atoms with Crippen LogP contribution in [0.4, 0.5) is 5.69 Å². The van der Waals surface area contributed by atoms with Crippen molar-refractivity contribution in [3.63, 3.8) is 0 Å². The summed E-state index contributed by atoms with van der Waals surface area (Å²) < 4.78 is 5.24. The lowest BCUT2D eigenvalue weighted by molar-refractivity contribution is -0.120. The highest BCUT2D eigenvalue weighted by Gasteiger charge is 2.18. The zero-order valence-corrected chi connectivity index (χ0v) is 14.2. The minimum atomic E-state index is -0.235. The van der Waals surface area contributed by atoms with Gasteiger partial charge in [-0.05, 0) is 50.2 Å². The van der Waals surface area contributed by atoms with Gasteiger partial charge in [-0.1, -0.05) is 30.3 Å². The van der Waals surface area contributed by atoms with Gasteiger partial charge in [-0.2, -0.15) is 0 Å². The van der Waals surface area contributed by atoms with Gasteiger partial charge in [-0.15, -0.1) is 0 Å². The number of hydrogen-bond donors (Lipinski definition) is 1. The molecule has 2 aromatic rings. The largest absolute Gasteiger partial charge is 0.497 e. The van der Waals surface area contributed by atoms with E-state index < -0.39 is 0 Å². The molecule has 0 aliphatic heterocycles. The van der Waals surface area contributed by atoms with Crippen LogP contribution in [0, 0.1) is 6.92 Å². The number of nitrogens with one attached hydrogen (secondary N) is 1. The molecule has 0 aromatic heterocycles. The number of hydrogen-bond acceptors (Lipinski definition) is 3. The van der Waals surface area contributed by atoms with Crippen LogP contribution in [0.3, 0.4) is 0 Å². The Morgan fingerprint density at radius 1 is 1.22 bits per heavy atom. The van der Waals surface area contributed by atoms with Crippen LogP contribution >= 0.6 is 0 Å². The number of nitrogens with zero attached hydrogens (tertiary/aromatic N) is 1. The van der Waals surface area contributed by atoms with Crippen molar-refractivity contribution in [3.8, 4) is 5.75 Å². The molecule has 122 valence electrons. The molecule has 0 radical (unpaired) electrons. The summed E-state index contributed by atoms with van der Waals surface area (Å²) in [6, 6.07) is 15.4. The third-order valence-corrected chi connectivity index (χ3v) is 4.01. The van der Waals surface area contributed by atoms with Crippen molar-refractivity contribution in [1.82, 2.24) is 4.90 Å². The van der Waals surface area contributed by atoms with Gasteiger partial charge in [0.1, 0.15) is 5.75 Å². The maximum atomic E-state index is 12.4. The lowest BCUT2D eigenvalue weighted by Crippen LogP contribution is -2.39. The SMILES string of the molecule is COc1cccc(CN(C)C(C)C(=O)Nc2ccccc2C)c1.